The zero-order valence-corrected chi connectivity index (χ0v) is 19.3. The van der Waals surface area contributed by atoms with Crippen molar-refractivity contribution in [2.24, 2.45) is 0 Å². The largest absolute Gasteiger partial charge is 0.411 e. The van der Waals surface area contributed by atoms with Crippen LogP contribution in [0.1, 0.15) is 13.8 Å². The maximum Gasteiger partial charge on any atom is 0.363 e. The van der Waals surface area contributed by atoms with E-state index >= 15 is 0 Å². The summed E-state index contributed by atoms with van der Waals surface area (Å²) in [5.74, 6) is -0.402. The van der Waals surface area contributed by atoms with Crippen LogP contribution in [-0.2, 0) is 10.3 Å². The Morgan fingerprint density at radius 3 is 2.71 bits per heavy atom. The van der Waals surface area contributed by atoms with Gasteiger partial charge in [0.1, 0.15) is 12.6 Å². The van der Waals surface area contributed by atoms with Crippen LogP contribution in [0.3, 0.4) is 0 Å². The molecule has 0 saturated carbocycles. The van der Waals surface area contributed by atoms with Crippen molar-refractivity contribution in [3.05, 3.63) is 75.0 Å². The fourth-order valence-corrected chi connectivity index (χ4v) is 4.55. The van der Waals surface area contributed by atoms with Gasteiger partial charge in [-0.25, -0.2) is 14.8 Å². The van der Waals surface area contributed by atoms with Crippen molar-refractivity contribution in [1.29, 1.82) is 0 Å². The van der Waals surface area contributed by atoms with Crippen LogP contribution in [0.4, 0.5) is 5.13 Å². The number of nitrogens with zero attached hydrogens (tertiary/aromatic N) is 4. The molecule has 5 rings (SSSR count). The fourth-order valence-electron chi connectivity index (χ4n) is 3.84. The highest BCUT2D eigenvalue weighted by Crippen LogP contribution is 2.31. The summed E-state index contributed by atoms with van der Waals surface area (Å²) in [6.07, 6.45) is 1.33. The Morgan fingerprint density at radius 1 is 1.15 bits per heavy atom. The minimum absolute atomic E-state index is 0.0187. The Labute approximate surface area is 196 Å². The third-order valence-electron chi connectivity index (χ3n) is 5.69. The number of benzene rings is 2. The van der Waals surface area contributed by atoms with Gasteiger partial charge < -0.3 is 4.84 Å². The number of thiazole rings is 1. The molecule has 0 spiro atoms. The van der Waals surface area contributed by atoms with Crippen LogP contribution in [0.15, 0.2) is 63.8 Å². The van der Waals surface area contributed by atoms with Crippen LogP contribution in [-0.4, -0.2) is 37.3 Å². The zero-order valence-electron chi connectivity index (χ0n) is 18.5. The van der Waals surface area contributed by atoms with Crippen LogP contribution < -0.4 is 21.4 Å². The number of hydrogen-bond donors (Lipinski definition) is 2. The number of carbonyl (C=O) groups is 1. The first kappa shape index (κ1) is 21.6. The second-order valence-electron chi connectivity index (χ2n) is 8.10. The van der Waals surface area contributed by atoms with Gasteiger partial charge in [-0.2, -0.15) is 0 Å². The molecule has 1 amide bonds. The lowest BCUT2D eigenvalue weighted by Gasteiger charge is -2.25. The van der Waals surface area contributed by atoms with E-state index in [0.717, 1.165) is 26.8 Å². The second-order valence-corrected chi connectivity index (χ2v) is 8.96. The average molecular weight is 477 g/mol. The number of fused-ring (bicyclic) bond motifs is 2. The van der Waals surface area contributed by atoms with Gasteiger partial charge in [-0.3, -0.25) is 24.5 Å². The molecule has 0 bridgehead atoms. The number of hydrogen-bond acceptors (Lipinski definition) is 7. The molecule has 172 valence electrons. The molecule has 0 fully saturated rings. The van der Waals surface area contributed by atoms with Gasteiger partial charge in [0.05, 0.1) is 12.0 Å². The number of carbonyl (C=O) groups excluding carboxylic acids is 1. The maximum absolute atomic E-state index is 13.3. The van der Waals surface area contributed by atoms with Crippen LogP contribution in [0.5, 0.6) is 0 Å². The third kappa shape index (κ3) is 3.37. The van der Waals surface area contributed by atoms with Gasteiger partial charge in [-0.1, -0.05) is 42.5 Å². The molecular formula is C23H20N6O4S. The summed E-state index contributed by atoms with van der Waals surface area (Å²) in [4.78, 5) is 53.6. The van der Waals surface area contributed by atoms with Gasteiger partial charge in [0.2, 0.25) is 0 Å². The number of nitrogens with one attached hydrogen (secondary N) is 2. The van der Waals surface area contributed by atoms with Crippen molar-refractivity contribution in [3.63, 3.8) is 0 Å². The van der Waals surface area contributed by atoms with E-state index in [4.69, 9.17) is 4.84 Å². The van der Waals surface area contributed by atoms with Crippen molar-refractivity contribution >= 4 is 44.3 Å². The van der Waals surface area contributed by atoms with Gasteiger partial charge in [0.15, 0.2) is 16.3 Å². The lowest BCUT2D eigenvalue weighted by molar-refractivity contribution is -0.123. The number of imidazole rings is 1. The molecule has 0 saturated heterocycles. The first-order chi connectivity index (χ1) is 16.3. The molecule has 2 aromatic carbocycles. The molecule has 0 radical (unpaired) electrons. The van der Waals surface area contributed by atoms with E-state index in [9.17, 15) is 14.4 Å². The number of anilines is 1. The SMILES string of the molecule is COn1c(=O)[nH]c(=O)c2ncn(C(C)(C)C(=O)Nc3nc(-c4cccc5ccccc45)cs3)c21. The molecule has 0 aliphatic rings. The zero-order chi connectivity index (χ0) is 24.0. The lowest BCUT2D eigenvalue weighted by atomic mass is 10.0. The average Bonchev–Trinajstić information content (AvgIpc) is 3.47. The van der Waals surface area contributed by atoms with E-state index in [0.29, 0.717) is 5.13 Å². The number of aromatic amines is 1. The summed E-state index contributed by atoms with van der Waals surface area (Å²) in [5, 5.41) is 7.33. The van der Waals surface area contributed by atoms with Gasteiger partial charge in [0, 0.05) is 10.9 Å². The molecule has 11 heteroatoms. The first-order valence-electron chi connectivity index (χ1n) is 10.3. The normalized spacial score (nSPS) is 11.7. The molecule has 2 N–H and O–H groups in total. The summed E-state index contributed by atoms with van der Waals surface area (Å²) in [6.45, 7) is 3.29. The minimum Gasteiger partial charge on any atom is -0.411 e. The van der Waals surface area contributed by atoms with Crippen LogP contribution in [0.25, 0.3) is 33.2 Å². The van der Waals surface area contributed by atoms with Crippen LogP contribution >= 0.6 is 11.3 Å². The molecule has 0 aliphatic heterocycles. The lowest BCUT2D eigenvalue weighted by Crippen LogP contribution is -2.42. The Kier molecular flexibility index (Phi) is 5.05. The monoisotopic (exact) mass is 476 g/mol. The van der Waals surface area contributed by atoms with Crippen molar-refractivity contribution in [1.82, 2.24) is 24.2 Å². The molecular weight excluding hydrogens is 456 g/mol. The standard InChI is InChI=1S/C23H20N6O4S/c1-23(2,28-12-24-17-18(30)26-22(32)29(33-3)19(17)28)20(31)27-21-25-16(11-34-21)15-10-6-8-13-7-4-5-9-14(13)15/h4-12H,1-3H3,(H,25,27,31)(H,26,30,32). The number of aromatic nitrogens is 5. The summed E-state index contributed by atoms with van der Waals surface area (Å²) in [5.41, 5.74) is -0.885. The van der Waals surface area contributed by atoms with Crippen LogP contribution in [0, 0.1) is 0 Å². The molecule has 34 heavy (non-hydrogen) atoms. The van der Waals surface area contributed by atoms with Crippen molar-refractivity contribution in [3.8, 4) is 11.3 Å². The molecule has 0 aliphatic carbocycles. The van der Waals surface area contributed by atoms with Gasteiger partial charge in [-0.05, 0) is 24.6 Å². The first-order valence-corrected chi connectivity index (χ1v) is 11.2. The predicted molar refractivity (Wildman–Crippen MR) is 130 cm³/mol. The smallest absolute Gasteiger partial charge is 0.363 e. The second kappa shape index (κ2) is 7.96. The Bertz CT molecular complexity index is 1670. The number of rotatable bonds is 5. The molecule has 0 unspecified atom stereocenters. The van der Waals surface area contributed by atoms with Crippen LogP contribution in [0.2, 0.25) is 0 Å². The minimum atomic E-state index is -1.24. The Balaban J connectivity index is 1.49. The van der Waals surface area contributed by atoms with E-state index in [1.807, 2.05) is 47.8 Å². The molecule has 0 atom stereocenters. The van der Waals surface area contributed by atoms with Gasteiger partial charge in [0.25, 0.3) is 11.5 Å². The molecule has 5 aromatic rings. The van der Waals surface area contributed by atoms with Gasteiger partial charge in [-0.15, -0.1) is 16.1 Å². The highest BCUT2D eigenvalue weighted by molar-refractivity contribution is 7.14. The van der Waals surface area contributed by atoms with E-state index in [-0.39, 0.29) is 11.2 Å². The summed E-state index contributed by atoms with van der Waals surface area (Å²) < 4.78 is 2.32. The number of amides is 1. The summed E-state index contributed by atoms with van der Waals surface area (Å²) in [7, 11) is 1.29. The fraction of sp³-hybridized carbons (Fsp3) is 0.174. The maximum atomic E-state index is 13.3. The highest BCUT2D eigenvalue weighted by Gasteiger charge is 2.34. The highest BCUT2D eigenvalue weighted by atomic mass is 32.1. The van der Waals surface area contributed by atoms with Crippen molar-refractivity contribution < 1.29 is 9.63 Å². The van der Waals surface area contributed by atoms with E-state index in [1.165, 1.54) is 29.3 Å². The van der Waals surface area contributed by atoms with E-state index in [2.05, 4.69) is 20.3 Å². The summed E-state index contributed by atoms with van der Waals surface area (Å²) in [6, 6.07) is 14.0. The molecule has 3 heterocycles. The number of H-pyrrole nitrogens is 1. The van der Waals surface area contributed by atoms with Crippen molar-refractivity contribution in [2.45, 2.75) is 19.4 Å². The van der Waals surface area contributed by atoms with E-state index in [1.54, 1.807) is 13.8 Å². The predicted octanol–water partition coefficient (Wildman–Crippen LogP) is 2.60. The Hall–Kier alpha value is -4.25. The summed E-state index contributed by atoms with van der Waals surface area (Å²) >= 11 is 1.31. The van der Waals surface area contributed by atoms with Gasteiger partial charge >= 0.3 is 5.69 Å². The Morgan fingerprint density at radius 2 is 1.91 bits per heavy atom. The quantitative estimate of drug-likeness (QED) is 0.402. The van der Waals surface area contributed by atoms with E-state index < -0.39 is 22.7 Å². The van der Waals surface area contributed by atoms with Crippen molar-refractivity contribution in [2.75, 3.05) is 12.4 Å². The topological polar surface area (TPSA) is 124 Å². The molecule has 10 nitrogen and oxygen atoms in total. The third-order valence-corrected chi connectivity index (χ3v) is 6.44. The molecule has 3 aromatic heterocycles.